The molecule has 1 amide bonds. The minimum Gasteiger partial charge on any atom is -0.494 e. The fraction of sp³-hybridized carbons (Fsp3) is 0.263. The van der Waals surface area contributed by atoms with Crippen molar-refractivity contribution in [3.8, 4) is 5.75 Å². The van der Waals surface area contributed by atoms with Crippen molar-refractivity contribution in [1.82, 2.24) is 5.43 Å². The van der Waals surface area contributed by atoms with Crippen LogP contribution in [0.1, 0.15) is 18.1 Å². The quantitative estimate of drug-likeness (QED) is 0.629. The maximum Gasteiger partial charge on any atom is 0.244 e. The molecule has 0 aromatic heterocycles. The molecule has 5 nitrogen and oxygen atoms in total. The van der Waals surface area contributed by atoms with E-state index in [9.17, 15) is 4.79 Å². The van der Waals surface area contributed by atoms with Crippen LogP contribution in [0.15, 0.2) is 53.6 Å². The Balaban J connectivity index is 1.83. The zero-order valence-electron chi connectivity index (χ0n) is 14.3. The highest BCUT2D eigenvalue weighted by atomic mass is 16.5. The van der Waals surface area contributed by atoms with Crippen molar-refractivity contribution in [3.05, 3.63) is 59.7 Å². The number of nitrogens with zero attached hydrogens (tertiary/aromatic N) is 2. The van der Waals surface area contributed by atoms with Crippen molar-refractivity contribution in [2.75, 3.05) is 25.6 Å². The zero-order chi connectivity index (χ0) is 17.4. The number of carbonyl (C=O) groups is 1. The molecular weight excluding hydrogens is 302 g/mol. The fourth-order valence-electron chi connectivity index (χ4n) is 2.13. The second kappa shape index (κ2) is 8.72. The van der Waals surface area contributed by atoms with E-state index in [0.29, 0.717) is 6.61 Å². The summed E-state index contributed by atoms with van der Waals surface area (Å²) in [5, 5.41) is 4.00. The van der Waals surface area contributed by atoms with Gasteiger partial charge in [0, 0.05) is 19.8 Å². The maximum atomic E-state index is 11.9. The van der Waals surface area contributed by atoms with Crippen LogP contribution in [0.2, 0.25) is 0 Å². The molecular formula is C19H23N3O2. The number of amides is 1. The predicted molar refractivity (Wildman–Crippen MR) is 97.8 cm³/mol. The molecule has 0 aliphatic rings. The summed E-state index contributed by atoms with van der Waals surface area (Å²) in [7, 11) is 3.98. The summed E-state index contributed by atoms with van der Waals surface area (Å²) in [6.07, 6.45) is 1.92. The van der Waals surface area contributed by atoms with E-state index >= 15 is 0 Å². The van der Waals surface area contributed by atoms with Crippen molar-refractivity contribution < 1.29 is 9.53 Å². The van der Waals surface area contributed by atoms with Crippen molar-refractivity contribution in [2.45, 2.75) is 13.3 Å². The molecule has 0 atom stereocenters. The van der Waals surface area contributed by atoms with Crippen molar-refractivity contribution >= 4 is 17.8 Å². The molecule has 0 aliphatic heterocycles. The third-order valence-corrected chi connectivity index (χ3v) is 3.41. The minimum absolute atomic E-state index is 0.152. The Morgan fingerprint density at radius 2 is 1.79 bits per heavy atom. The molecule has 5 heteroatoms. The van der Waals surface area contributed by atoms with Crippen molar-refractivity contribution in [3.63, 3.8) is 0 Å². The van der Waals surface area contributed by atoms with Crippen molar-refractivity contribution in [2.24, 2.45) is 5.10 Å². The smallest absolute Gasteiger partial charge is 0.244 e. The standard InChI is InChI=1S/C19H23N3O2/c1-4-24-18-11-7-15(8-12-18)13-19(23)21-20-14-16-5-9-17(10-6-16)22(2)3/h5-12,14H,4,13H2,1-3H3,(H,21,23)/b20-14+. The monoisotopic (exact) mass is 325 g/mol. The number of anilines is 1. The first kappa shape index (κ1) is 17.5. The molecule has 0 saturated heterocycles. The minimum atomic E-state index is -0.152. The summed E-state index contributed by atoms with van der Waals surface area (Å²) in [6.45, 7) is 2.57. The van der Waals surface area contributed by atoms with Gasteiger partial charge in [-0.2, -0.15) is 5.10 Å². The average molecular weight is 325 g/mol. The van der Waals surface area contributed by atoms with Gasteiger partial charge in [-0.25, -0.2) is 5.43 Å². The Morgan fingerprint density at radius 3 is 2.38 bits per heavy atom. The van der Waals surface area contributed by atoms with Gasteiger partial charge in [0.25, 0.3) is 0 Å². The first-order valence-electron chi connectivity index (χ1n) is 7.89. The van der Waals surface area contributed by atoms with Gasteiger partial charge in [-0.15, -0.1) is 0 Å². The lowest BCUT2D eigenvalue weighted by Gasteiger charge is -2.11. The summed E-state index contributed by atoms with van der Waals surface area (Å²) >= 11 is 0. The highest BCUT2D eigenvalue weighted by molar-refractivity contribution is 5.83. The Kier molecular flexibility index (Phi) is 6.37. The van der Waals surface area contributed by atoms with Gasteiger partial charge in [0.2, 0.25) is 5.91 Å². The molecule has 2 rings (SSSR count). The van der Waals surface area contributed by atoms with E-state index in [1.807, 2.05) is 74.4 Å². The molecule has 0 saturated carbocycles. The summed E-state index contributed by atoms with van der Waals surface area (Å²) in [4.78, 5) is 13.9. The van der Waals surface area contributed by atoms with Crippen LogP contribution >= 0.6 is 0 Å². The fourth-order valence-corrected chi connectivity index (χ4v) is 2.13. The lowest BCUT2D eigenvalue weighted by atomic mass is 10.1. The van der Waals surface area contributed by atoms with Crippen LogP contribution in [0, 0.1) is 0 Å². The third-order valence-electron chi connectivity index (χ3n) is 3.41. The van der Waals surface area contributed by atoms with Crippen LogP contribution in [-0.2, 0) is 11.2 Å². The van der Waals surface area contributed by atoms with E-state index in [0.717, 1.165) is 22.6 Å². The number of hydrazone groups is 1. The van der Waals surface area contributed by atoms with E-state index < -0.39 is 0 Å². The average Bonchev–Trinajstić information content (AvgIpc) is 2.57. The summed E-state index contributed by atoms with van der Waals surface area (Å²) in [5.41, 5.74) is 5.51. The van der Waals surface area contributed by atoms with Gasteiger partial charge in [-0.3, -0.25) is 4.79 Å². The highest BCUT2D eigenvalue weighted by Gasteiger charge is 2.02. The molecule has 0 heterocycles. The number of nitrogens with one attached hydrogen (secondary N) is 1. The maximum absolute atomic E-state index is 11.9. The van der Waals surface area contributed by atoms with Gasteiger partial charge < -0.3 is 9.64 Å². The van der Waals surface area contributed by atoms with Crippen molar-refractivity contribution in [1.29, 1.82) is 0 Å². The Labute approximate surface area is 142 Å². The molecule has 0 fully saturated rings. The number of ether oxygens (including phenoxy) is 1. The number of rotatable bonds is 7. The molecule has 0 spiro atoms. The summed E-state index contributed by atoms with van der Waals surface area (Å²) in [5.74, 6) is 0.654. The normalized spacial score (nSPS) is 10.6. The Hall–Kier alpha value is -2.82. The number of carbonyl (C=O) groups excluding carboxylic acids is 1. The molecule has 2 aromatic carbocycles. The largest absolute Gasteiger partial charge is 0.494 e. The molecule has 126 valence electrons. The van der Waals surface area contributed by atoms with E-state index in [4.69, 9.17) is 4.74 Å². The van der Waals surface area contributed by atoms with Gasteiger partial charge in [0.1, 0.15) is 5.75 Å². The van der Waals surface area contributed by atoms with Crippen LogP contribution in [0.5, 0.6) is 5.75 Å². The molecule has 0 aliphatic carbocycles. The molecule has 0 radical (unpaired) electrons. The first-order chi connectivity index (χ1) is 11.6. The van der Waals surface area contributed by atoms with Gasteiger partial charge in [0.15, 0.2) is 0 Å². The molecule has 2 aromatic rings. The lowest BCUT2D eigenvalue weighted by Crippen LogP contribution is -2.19. The van der Waals surface area contributed by atoms with Crippen LogP contribution in [0.3, 0.4) is 0 Å². The highest BCUT2D eigenvalue weighted by Crippen LogP contribution is 2.12. The number of hydrogen-bond donors (Lipinski definition) is 1. The molecule has 0 bridgehead atoms. The lowest BCUT2D eigenvalue weighted by molar-refractivity contribution is -0.120. The first-order valence-corrected chi connectivity index (χ1v) is 7.89. The molecule has 1 N–H and O–H groups in total. The predicted octanol–water partition coefficient (Wildman–Crippen LogP) is 2.84. The van der Waals surface area contributed by atoms with Crippen LogP contribution in [0.25, 0.3) is 0 Å². The Morgan fingerprint density at radius 1 is 1.12 bits per heavy atom. The van der Waals surface area contributed by atoms with Gasteiger partial charge in [-0.1, -0.05) is 24.3 Å². The van der Waals surface area contributed by atoms with Crippen LogP contribution in [-0.4, -0.2) is 32.8 Å². The second-order valence-corrected chi connectivity index (χ2v) is 5.53. The number of hydrogen-bond acceptors (Lipinski definition) is 4. The van der Waals surface area contributed by atoms with Crippen LogP contribution < -0.4 is 15.1 Å². The molecule has 24 heavy (non-hydrogen) atoms. The topological polar surface area (TPSA) is 53.9 Å². The van der Waals surface area contributed by atoms with Gasteiger partial charge in [-0.05, 0) is 42.3 Å². The summed E-state index contributed by atoms with van der Waals surface area (Å²) < 4.78 is 5.38. The van der Waals surface area contributed by atoms with Crippen LogP contribution in [0.4, 0.5) is 5.69 Å². The van der Waals surface area contributed by atoms with Gasteiger partial charge >= 0.3 is 0 Å². The zero-order valence-corrected chi connectivity index (χ0v) is 14.3. The second-order valence-electron chi connectivity index (χ2n) is 5.53. The van der Waals surface area contributed by atoms with E-state index in [2.05, 4.69) is 10.5 Å². The summed E-state index contributed by atoms with van der Waals surface area (Å²) in [6, 6.07) is 15.4. The van der Waals surface area contributed by atoms with E-state index in [1.54, 1.807) is 6.21 Å². The Bertz CT molecular complexity index is 677. The third kappa shape index (κ3) is 5.43. The van der Waals surface area contributed by atoms with Gasteiger partial charge in [0.05, 0.1) is 19.2 Å². The SMILES string of the molecule is CCOc1ccc(CC(=O)N/N=C/c2ccc(N(C)C)cc2)cc1. The van der Waals surface area contributed by atoms with E-state index in [-0.39, 0.29) is 12.3 Å². The molecule has 0 unspecified atom stereocenters. The van der Waals surface area contributed by atoms with E-state index in [1.165, 1.54) is 0 Å². The number of benzene rings is 2.